The molecule has 1 aromatic carbocycles. The summed E-state index contributed by atoms with van der Waals surface area (Å²) in [5.74, 6) is -0.0327. The zero-order chi connectivity index (χ0) is 14.8. The molecule has 3 N–H and O–H groups in total. The second-order valence-electron chi connectivity index (χ2n) is 5.50. The summed E-state index contributed by atoms with van der Waals surface area (Å²) in [5.41, 5.74) is 6.74. The molecule has 1 aliphatic rings. The van der Waals surface area contributed by atoms with Crippen LogP contribution in [0.15, 0.2) is 24.3 Å². The molecule has 1 amide bonds. The monoisotopic (exact) mass is 304 g/mol. The number of fused-ring (bicyclic) bond motifs is 1. The van der Waals surface area contributed by atoms with Crippen molar-refractivity contribution < 1.29 is 9.90 Å². The molecule has 112 valence electrons. The minimum Gasteiger partial charge on any atom is -0.397 e. The van der Waals surface area contributed by atoms with Gasteiger partial charge < -0.3 is 15.7 Å². The molecule has 0 atom stereocenters. The van der Waals surface area contributed by atoms with Gasteiger partial charge in [-0.1, -0.05) is 31.0 Å². The van der Waals surface area contributed by atoms with Crippen molar-refractivity contribution in [1.29, 1.82) is 0 Å². The van der Waals surface area contributed by atoms with Crippen LogP contribution in [-0.2, 0) is 0 Å². The number of hydrogen-bond donors (Lipinski definition) is 2. The highest BCUT2D eigenvalue weighted by atomic mass is 32.1. The Morgan fingerprint density at radius 2 is 2.05 bits per heavy atom. The lowest BCUT2D eigenvalue weighted by atomic mass is 10.1. The third kappa shape index (κ3) is 2.63. The molecule has 0 bridgehead atoms. The van der Waals surface area contributed by atoms with E-state index >= 15 is 0 Å². The Morgan fingerprint density at radius 3 is 2.71 bits per heavy atom. The van der Waals surface area contributed by atoms with Crippen LogP contribution in [-0.4, -0.2) is 35.1 Å². The fraction of sp³-hybridized carbons (Fsp3) is 0.438. The number of nitrogens with two attached hydrogens (primary N) is 1. The Balaban J connectivity index is 1.95. The van der Waals surface area contributed by atoms with Crippen molar-refractivity contribution in [3.63, 3.8) is 0 Å². The molecule has 0 spiro atoms. The van der Waals surface area contributed by atoms with Gasteiger partial charge in [-0.3, -0.25) is 4.79 Å². The number of benzene rings is 1. The summed E-state index contributed by atoms with van der Waals surface area (Å²) in [6.07, 6.45) is 4.36. The van der Waals surface area contributed by atoms with Gasteiger partial charge in [-0.15, -0.1) is 11.3 Å². The van der Waals surface area contributed by atoms with Gasteiger partial charge in [0, 0.05) is 22.7 Å². The summed E-state index contributed by atoms with van der Waals surface area (Å²) in [4.78, 5) is 15.3. The molecule has 0 aliphatic heterocycles. The third-order valence-electron chi connectivity index (χ3n) is 4.20. The van der Waals surface area contributed by atoms with E-state index in [1.807, 2.05) is 29.2 Å². The second kappa shape index (κ2) is 6.03. The number of nitrogen functional groups attached to an aromatic ring is 1. The average molecular weight is 304 g/mol. The number of aliphatic hydroxyl groups is 1. The molecule has 0 unspecified atom stereocenters. The smallest absolute Gasteiger partial charge is 0.266 e. The quantitative estimate of drug-likeness (QED) is 0.912. The highest BCUT2D eigenvalue weighted by molar-refractivity contribution is 7.21. The Bertz CT molecular complexity index is 647. The van der Waals surface area contributed by atoms with Gasteiger partial charge in [0.25, 0.3) is 5.91 Å². The van der Waals surface area contributed by atoms with Crippen LogP contribution in [0.5, 0.6) is 0 Å². The molecular weight excluding hydrogens is 284 g/mol. The highest BCUT2D eigenvalue weighted by Crippen LogP contribution is 2.35. The number of anilines is 1. The Labute approximate surface area is 128 Å². The van der Waals surface area contributed by atoms with Crippen LogP contribution in [0.3, 0.4) is 0 Å². The van der Waals surface area contributed by atoms with Gasteiger partial charge in [-0.2, -0.15) is 0 Å². The van der Waals surface area contributed by atoms with Gasteiger partial charge in [-0.25, -0.2) is 0 Å². The van der Waals surface area contributed by atoms with Crippen molar-refractivity contribution in [3.05, 3.63) is 29.1 Å². The predicted octanol–water partition coefficient (Wildman–Crippen LogP) is 2.86. The van der Waals surface area contributed by atoms with E-state index in [1.54, 1.807) is 0 Å². The molecule has 0 radical (unpaired) electrons. The minimum absolute atomic E-state index is 0.00690. The normalized spacial score (nSPS) is 15.7. The molecule has 3 rings (SSSR count). The van der Waals surface area contributed by atoms with Crippen LogP contribution < -0.4 is 5.73 Å². The maximum Gasteiger partial charge on any atom is 0.266 e. The maximum absolute atomic E-state index is 12.9. The number of thiophene rings is 1. The van der Waals surface area contributed by atoms with E-state index in [0.717, 1.165) is 35.8 Å². The van der Waals surface area contributed by atoms with E-state index in [-0.39, 0.29) is 18.6 Å². The number of rotatable bonds is 4. The molecule has 21 heavy (non-hydrogen) atoms. The lowest BCUT2D eigenvalue weighted by Crippen LogP contribution is -2.40. The van der Waals surface area contributed by atoms with Crippen LogP contribution in [0, 0.1) is 0 Å². The summed E-state index contributed by atoms with van der Waals surface area (Å²) >= 11 is 1.45. The van der Waals surface area contributed by atoms with Gasteiger partial charge in [0.05, 0.1) is 12.3 Å². The maximum atomic E-state index is 12.9. The predicted molar refractivity (Wildman–Crippen MR) is 86.6 cm³/mol. The number of carbonyl (C=O) groups excluding carboxylic acids is 1. The lowest BCUT2D eigenvalue weighted by molar-refractivity contribution is 0.0644. The third-order valence-corrected chi connectivity index (χ3v) is 5.37. The minimum atomic E-state index is -0.0327. The first-order valence-corrected chi connectivity index (χ1v) is 8.23. The first-order chi connectivity index (χ1) is 10.2. The first kappa shape index (κ1) is 14.4. The molecule has 1 saturated carbocycles. The summed E-state index contributed by atoms with van der Waals surface area (Å²) in [5, 5.41) is 10.2. The molecule has 1 heterocycles. The SMILES string of the molecule is Nc1c(C(=O)N(CCO)C2CCCC2)sc2ccccc12. The van der Waals surface area contributed by atoms with E-state index in [2.05, 4.69) is 0 Å². The fourth-order valence-corrected chi connectivity index (χ4v) is 4.21. The number of nitrogens with zero attached hydrogens (tertiary/aromatic N) is 1. The van der Waals surface area contributed by atoms with Gasteiger partial charge >= 0.3 is 0 Å². The zero-order valence-electron chi connectivity index (χ0n) is 11.9. The number of amides is 1. The van der Waals surface area contributed by atoms with E-state index in [9.17, 15) is 9.90 Å². The summed E-state index contributed by atoms with van der Waals surface area (Å²) in [7, 11) is 0. The van der Waals surface area contributed by atoms with Gasteiger partial charge in [0.2, 0.25) is 0 Å². The summed E-state index contributed by atoms with van der Waals surface area (Å²) < 4.78 is 1.04. The zero-order valence-corrected chi connectivity index (χ0v) is 12.7. The van der Waals surface area contributed by atoms with Gasteiger partial charge in [0.15, 0.2) is 0 Å². The Kier molecular flexibility index (Phi) is 4.12. The number of carbonyl (C=O) groups is 1. The standard InChI is InChI=1S/C16H20N2O2S/c17-14-12-7-3-4-8-13(12)21-15(14)16(20)18(9-10-19)11-5-1-2-6-11/h3-4,7-8,11,19H,1-2,5-6,9-10,17H2. The van der Waals surface area contributed by atoms with E-state index in [0.29, 0.717) is 17.1 Å². The van der Waals surface area contributed by atoms with E-state index in [1.165, 1.54) is 11.3 Å². The van der Waals surface area contributed by atoms with Crippen molar-refractivity contribution in [2.24, 2.45) is 0 Å². The Hall–Kier alpha value is -1.59. The average Bonchev–Trinajstić information content (AvgIpc) is 3.13. The first-order valence-electron chi connectivity index (χ1n) is 7.41. The van der Waals surface area contributed by atoms with Crippen molar-refractivity contribution in [3.8, 4) is 0 Å². The molecule has 4 nitrogen and oxygen atoms in total. The number of aliphatic hydroxyl groups excluding tert-OH is 1. The highest BCUT2D eigenvalue weighted by Gasteiger charge is 2.29. The van der Waals surface area contributed by atoms with Gasteiger partial charge in [-0.05, 0) is 18.9 Å². The fourth-order valence-electron chi connectivity index (χ4n) is 3.13. The van der Waals surface area contributed by atoms with Crippen LogP contribution in [0.2, 0.25) is 0 Å². The van der Waals surface area contributed by atoms with E-state index in [4.69, 9.17) is 5.73 Å². The largest absolute Gasteiger partial charge is 0.397 e. The Morgan fingerprint density at radius 1 is 1.33 bits per heavy atom. The molecule has 0 saturated heterocycles. The molecule has 5 heteroatoms. The molecule has 1 aliphatic carbocycles. The van der Waals surface area contributed by atoms with Crippen molar-refractivity contribution in [2.45, 2.75) is 31.7 Å². The summed E-state index contributed by atoms with van der Waals surface area (Å²) in [6.45, 7) is 0.379. The molecule has 2 aromatic rings. The van der Waals surface area contributed by atoms with E-state index < -0.39 is 0 Å². The van der Waals surface area contributed by atoms with Gasteiger partial charge in [0.1, 0.15) is 4.88 Å². The van der Waals surface area contributed by atoms with Crippen LogP contribution in [0.1, 0.15) is 35.4 Å². The van der Waals surface area contributed by atoms with Crippen molar-refractivity contribution >= 4 is 33.0 Å². The van der Waals surface area contributed by atoms with Crippen molar-refractivity contribution in [1.82, 2.24) is 4.90 Å². The van der Waals surface area contributed by atoms with Crippen molar-refractivity contribution in [2.75, 3.05) is 18.9 Å². The molecule has 1 fully saturated rings. The van der Waals surface area contributed by atoms with Crippen LogP contribution in [0.4, 0.5) is 5.69 Å². The summed E-state index contributed by atoms with van der Waals surface area (Å²) in [6, 6.07) is 8.06. The molecule has 1 aromatic heterocycles. The topological polar surface area (TPSA) is 66.6 Å². The lowest BCUT2D eigenvalue weighted by Gasteiger charge is -2.28. The second-order valence-corrected chi connectivity index (χ2v) is 6.55. The van der Waals surface area contributed by atoms with Crippen LogP contribution >= 0.6 is 11.3 Å². The molecular formula is C16H20N2O2S. The van der Waals surface area contributed by atoms with Crippen LogP contribution in [0.25, 0.3) is 10.1 Å². The number of hydrogen-bond acceptors (Lipinski definition) is 4.